The molecule has 1 aromatic carbocycles. The predicted octanol–water partition coefficient (Wildman–Crippen LogP) is 4.89. The Morgan fingerprint density at radius 2 is 1.76 bits per heavy atom. The zero-order valence-corrected chi connectivity index (χ0v) is 13.5. The number of nitrogens with zero attached hydrogens (tertiary/aromatic N) is 1. The molecule has 2 heterocycles. The molecule has 0 fully saturated rings. The van der Waals surface area contributed by atoms with Crippen molar-refractivity contribution in [2.45, 2.75) is 27.7 Å². The molecule has 0 bridgehead atoms. The van der Waals surface area contributed by atoms with Crippen molar-refractivity contribution in [2.24, 2.45) is 0 Å². The predicted molar refractivity (Wildman–Crippen MR) is 88.6 cm³/mol. The molecule has 0 atom stereocenters. The molecule has 108 valence electrons. The van der Waals surface area contributed by atoms with Crippen LogP contribution in [-0.2, 0) is 0 Å². The highest BCUT2D eigenvalue weighted by molar-refractivity contribution is 7.15. The normalized spacial score (nSPS) is 11.0. The number of benzene rings is 1. The van der Waals surface area contributed by atoms with E-state index < -0.39 is 0 Å². The SMILES string of the molecule is Cc1ccc(-c2c(-c3cc(C)c(C)s3)noc2N)cc1C. The van der Waals surface area contributed by atoms with Gasteiger partial charge in [-0.2, -0.15) is 0 Å². The van der Waals surface area contributed by atoms with Gasteiger partial charge in [-0.05, 0) is 56.0 Å². The van der Waals surface area contributed by atoms with Crippen LogP contribution in [0, 0.1) is 27.7 Å². The van der Waals surface area contributed by atoms with E-state index in [1.54, 1.807) is 11.3 Å². The van der Waals surface area contributed by atoms with E-state index in [4.69, 9.17) is 10.3 Å². The fourth-order valence-corrected chi connectivity index (χ4v) is 3.36. The molecule has 4 heteroatoms. The monoisotopic (exact) mass is 298 g/mol. The molecule has 21 heavy (non-hydrogen) atoms. The number of aromatic nitrogens is 1. The van der Waals surface area contributed by atoms with Crippen LogP contribution in [0.2, 0.25) is 0 Å². The lowest BCUT2D eigenvalue weighted by atomic mass is 10.00. The van der Waals surface area contributed by atoms with Crippen LogP contribution in [0.25, 0.3) is 21.7 Å². The summed E-state index contributed by atoms with van der Waals surface area (Å²) < 4.78 is 5.26. The quantitative estimate of drug-likeness (QED) is 0.733. The van der Waals surface area contributed by atoms with Crippen molar-refractivity contribution in [3.05, 3.63) is 45.8 Å². The summed E-state index contributed by atoms with van der Waals surface area (Å²) in [6.07, 6.45) is 0. The molecule has 0 spiro atoms. The van der Waals surface area contributed by atoms with E-state index in [9.17, 15) is 0 Å². The van der Waals surface area contributed by atoms with Crippen LogP contribution in [0.15, 0.2) is 28.8 Å². The molecular weight excluding hydrogens is 280 g/mol. The minimum absolute atomic E-state index is 0.372. The number of rotatable bonds is 2. The number of nitrogens with two attached hydrogens (primary N) is 1. The van der Waals surface area contributed by atoms with Crippen molar-refractivity contribution in [2.75, 3.05) is 5.73 Å². The fraction of sp³-hybridized carbons (Fsp3) is 0.235. The summed E-state index contributed by atoms with van der Waals surface area (Å²) in [6.45, 7) is 8.42. The topological polar surface area (TPSA) is 52.0 Å². The first-order chi connectivity index (χ1) is 9.97. The molecule has 0 aliphatic carbocycles. The van der Waals surface area contributed by atoms with Crippen molar-refractivity contribution < 1.29 is 4.52 Å². The van der Waals surface area contributed by atoms with E-state index in [1.807, 2.05) is 0 Å². The second kappa shape index (κ2) is 5.04. The maximum atomic E-state index is 6.02. The van der Waals surface area contributed by atoms with Gasteiger partial charge in [-0.15, -0.1) is 11.3 Å². The van der Waals surface area contributed by atoms with Gasteiger partial charge in [0.15, 0.2) is 0 Å². The summed E-state index contributed by atoms with van der Waals surface area (Å²) in [5.74, 6) is 0.372. The summed E-state index contributed by atoms with van der Waals surface area (Å²) in [5, 5.41) is 4.18. The third kappa shape index (κ3) is 2.36. The van der Waals surface area contributed by atoms with Crippen molar-refractivity contribution in [1.29, 1.82) is 0 Å². The lowest BCUT2D eigenvalue weighted by molar-refractivity contribution is 0.439. The summed E-state index contributed by atoms with van der Waals surface area (Å²) in [7, 11) is 0. The lowest BCUT2D eigenvalue weighted by Gasteiger charge is -2.05. The van der Waals surface area contributed by atoms with Crippen LogP contribution in [0.4, 0.5) is 5.88 Å². The zero-order chi connectivity index (χ0) is 15.1. The third-order valence-electron chi connectivity index (χ3n) is 3.91. The van der Waals surface area contributed by atoms with Gasteiger partial charge in [0.2, 0.25) is 5.88 Å². The van der Waals surface area contributed by atoms with Gasteiger partial charge in [0, 0.05) is 4.88 Å². The smallest absolute Gasteiger partial charge is 0.230 e. The molecule has 0 aliphatic heterocycles. The molecule has 0 saturated carbocycles. The van der Waals surface area contributed by atoms with Gasteiger partial charge in [-0.3, -0.25) is 0 Å². The van der Waals surface area contributed by atoms with Crippen molar-refractivity contribution >= 4 is 17.2 Å². The Kier molecular flexibility index (Phi) is 3.33. The third-order valence-corrected chi connectivity index (χ3v) is 5.07. The molecule has 3 rings (SSSR count). The average molecular weight is 298 g/mol. The first-order valence-electron chi connectivity index (χ1n) is 6.87. The minimum Gasteiger partial charge on any atom is -0.367 e. The van der Waals surface area contributed by atoms with E-state index in [0.29, 0.717) is 5.88 Å². The molecule has 2 N–H and O–H groups in total. The second-order valence-electron chi connectivity index (χ2n) is 5.42. The molecule has 0 unspecified atom stereocenters. The number of anilines is 1. The van der Waals surface area contributed by atoms with Gasteiger partial charge >= 0.3 is 0 Å². The van der Waals surface area contributed by atoms with E-state index in [1.165, 1.54) is 21.6 Å². The number of hydrogen-bond donors (Lipinski definition) is 1. The molecule has 3 nitrogen and oxygen atoms in total. The number of nitrogen functional groups attached to an aromatic ring is 1. The highest BCUT2D eigenvalue weighted by atomic mass is 32.1. The van der Waals surface area contributed by atoms with Gasteiger partial charge in [0.25, 0.3) is 0 Å². The van der Waals surface area contributed by atoms with Gasteiger partial charge in [0.1, 0.15) is 5.69 Å². The molecule has 0 radical (unpaired) electrons. The Labute approximate surface area is 128 Å². The Morgan fingerprint density at radius 3 is 2.38 bits per heavy atom. The maximum Gasteiger partial charge on any atom is 0.230 e. The summed E-state index contributed by atoms with van der Waals surface area (Å²) >= 11 is 1.72. The van der Waals surface area contributed by atoms with Crippen LogP contribution in [0.5, 0.6) is 0 Å². The number of hydrogen-bond acceptors (Lipinski definition) is 4. The Bertz CT molecular complexity index is 795. The van der Waals surface area contributed by atoms with Gasteiger partial charge < -0.3 is 10.3 Å². The van der Waals surface area contributed by atoms with Crippen molar-refractivity contribution in [3.63, 3.8) is 0 Å². The first-order valence-corrected chi connectivity index (χ1v) is 7.69. The zero-order valence-electron chi connectivity index (χ0n) is 12.7. The largest absolute Gasteiger partial charge is 0.367 e. The summed E-state index contributed by atoms with van der Waals surface area (Å²) in [4.78, 5) is 2.39. The van der Waals surface area contributed by atoms with E-state index >= 15 is 0 Å². The minimum atomic E-state index is 0.372. The lowest BCUT2D eigenvalue weighted by Crippen LogP contribution is -1.89. The maximum absolute atomic E-state index is 6.02. The number of aryl methyl sites for hydroxylation is 4. The number of thiophene rings is 1. The highest BCUT2D eigenvalue weighted by Crippen LogP contribution is 2.40. The van der Waals surface area contributed by atoms with Crippen LogP contribution < -0.4 is 5.73 Å². The van der Waals surface area contributed by atoms with Gasteiger partial charge in [0.05, 0.1) is 10.4 Å². The molecule has 0 amide bonds. The van der Waals surface area contributed by atoms with Crippen molar-refractivity contribution in [1.82, 2.24) is 5.16 Å². The Balaban J connectivity index is 2.19. The first kappa shape index (κ1) is 13.9. The van der Waals surface area contributed by atoms with Crippen LogP contribution in [0.1, 0.15) is 21.6 Å². The van der Waals surface area contributed by atoms with E-state index in [-0.39, 0.29) is 0 Å². The van der Waals surface area contributed by atoms with E-state index in [2.05, 4.69) is 57.1 Å². The summed E-state index contributed by atoms with van der Waals surface area (Å²) in [5.41, 5.74) is 12.6. The Morgan fingerprint density at radius 1 is 1.00 bits per heavy atom. The average Bonchev–Trinajstić information content (AvgIpc) is 2.97. The van der Waals surface area contributed by atoms with Crippen molar-refractivity contribution in [3.8, 4) is 21.7 Å². The van der Waals surface area contributed by atoms with Crippen LogP contribution in [-0.4, -0.2) is 5.16 Å². The second-order valence-corrected chi connectivity index (χ2v) is 6.68. The molecule has 3 aromatic rings. The standard InChI is InChI=1S/C17H18N2OS/c1-9-5-6-13(7-10(9)2)15-16(19-20-17(15)18)14-8-11(3)12(4)21-14/h5-8H,18H2,1-4H3. The van der Waals surface area contributed by atoms with Gasteiger partial charge in [-0.1, -0.05) is 23.4 Å². The molecular formula is C17H18N2OS. The van der Waals surface area contributed by atoms with Gasteiger partial charge in [-0.25, -0.2) is 0 Å². The van der Waals surface area contributed by atoms with Crippen LogP contribution in [0.3, 0.4) is 0 Å². The summed E-state index contributed by atoms with van der Waals surface area (Å²) in [6, 6.07) is 8.45. The van der Waals surface area contributed by atoms with Crippen LogP contribution >= 0.6 is 11.3 Å². The molecule has 0 aliphatic rings. The molecule has 0 saturated heterocycles. The molecule has 2 aromatic heterocycles. The van der Waals surface area contributed by atoms with E-state index in [0.717, 1.165) is 21.7 Å². The highest BCUT2D eigenvalue weighted by Gasteiger charge is 2.19. The Hall–Kier alpha value is -2.07. The fourth-order valence-electron chi connectivity index (χ4n) is 2.34.